The van der Waals surface area contributed by atoms with Gasteiger partial charge in [-0.15, -0.1) is 0 Å². The molecular formula is C7H8NNaO2. The number of carboxylic acid groups (broad SMARTS) is 1. The van der Waals surface area contributed by atoms with E-state index < -0.39 is 5.97 Å². The maximum absolute atomic E-state index is 10.3. The van der Waals surface area contributed by atoms with Crippen molar-refractivity contribution in [1.29, 1.82) is 0 Å². The zero-order valence-corrected chi connectivity index (χ0v) is 5.24. The summed E-state index contributed by atoms with van der Waals surface area (Å²) < 4.78 is 0. The summed E-state index contributed by atoms with van der Waals surface area (Å²) in [7, 11) is 0. The number of anilines is 1. The average molecular weight is 161 g/mol. The summed E-state index contributed by atoms with van der Waals surface area (Å²) in [5.41, 5.74) is 6.17. The van der Waals surface area contributed by atoms with E-state index >= 15 is 0 Å². The van der Waals surface area contributed by atoms with E-state index in [1.54, 1.807) is 12.1 Å². The minimum atomic E-state index is -0.931. The molecule has 0 aromatic heterocycles. The molecule has 54 valence electrons. The monoisotopic (exact) mass is 161 g/mol. The summed E-state index contributed by atoms with van der Waals surface area (Å²) in [6, 6.07) is 6.06. The molecule has 0 radical (unpaired) electrons. The molecule has 0 heterocycles. The molecule has 0 spiro atoms. The number of nitrogen functional groups attached to an aromatic ring is 1. The van der Waals surface area contributed by atoms with Gasteiger partial charge in [-0.3, -0.25) is 0 Å². The summed E-state index contributed by atoms with van der Waals surface area (Å²) >= 11 is 0. The van der Waals surface area contributed by atoms with Crippen LogP contribution < -0.4 is 5.73 Å². The van der Waals surface area contributed by atoms with E-state index in [9.17, 15) is 4.79 Å². The van der Waals surface area contributed by atoms with Crippen LogP contribution in [0.25, 0.3) is 0 Å². The molecule has 0 bridgehead atoms. The first-order chi connectivity index (χ1) is 4.70. The zero-order valence-electron chi connectivity index (χ0n) is 5.24. The molecule has 4 heteroatoms. The molecule has 1 aromatic carbocycles. The molecule has 3 nitrogen and oxygen atoms in total. The quantitative estimate of drug-likeness (QED) is 0.460. The fraction of sp³-hybridized carbons (Fsp3) is 0. The van der Waals surface area contributed by atoms with Crippen LogP contribution in [0.15, 0.2) is 24.3 Å². The molecule has 0 aliphatic heterocycles. The molecule has 0 unspecified atom stereocenters. The first-order valence-corrected chi connectivity index (χ1v) is 2.79. The van der Waals surface area contributed by atoms with E-state index in [0.29, 0.717) is 5.69 Å². The molecule has 0 atom stereocenters. The molecule has 1 rings (SSSR count). The Labute approximate surface area is 86.5 Å². The van der Waals surface area contributed by atoms with Crippen LogP contribution in [0.4, 0.5) is 5.69 Å². The summed E-state index contributed by atoms with van der Waals surface area (Å²) in [6.45, 7) is 0. The van der Waals surface area contributed by atoms with E-state index in [1.807, 2.05) is 0 Å². The van der Waals surface area contributed by atoms with Gasteiger partial charge in [-0.2, -0.15) is 0 Å². The summed E-state index contributed by atoms with van der Waals surface area (Å²) in [5.74, 6) is -0.931. The Bertz CT molecular complexity index is 245. The fourth-order valence-electron chi connectivity index (χ4n) is 0.626. The van der Waals surface area contributed by atoms with Gasteiger partial charge >= 0.3 is 35.5 Å². The van der Waals surface area contributed by atoms with Gasteiger partial charge in [0.05, 0.1) is 5.56 Å². The van der Waals surface area contributed by atoms with Gasteiger partial charge in [0.25, 0.3) is 0 Å². The third-order valence-corrected chi connectivity index (χ3v) is 1.16. The summed E-state index contributed by atoms with van der Waals surface area (Å²) in [4.78, 5) is 10.3. The zero-order chi connectivity index (χ0) is 7.56. The summed E-state index contributed by atoms with van der Waals surface area (Å²) in [5, 5.41) is 8.43. The van der Waals surface area contributed by atoms with Crippen molar-refractivity contribution < 1.29 is 9.90 Å². The second kappa shape index (κ2) is 4.38. The van der Waals surface area contributed by atoms with E-state index in [0.717, 1.165) is 0 Å². The first kappa shape index (κ1) is 10.5. The Hall–Kier alpha value is -0.510. The number of nitrogens with two attached hydrogens (primary N) is 1. The molecule has 3 N–H and O–H groups in total. The van der Waals surface area contributed by atoms with Gasteiger partial charge in [-0.25, -0.2) is 4.79 Å². The minimum absolute atomic E-state index is 0. The normalized spacial score (nSPS) is 8.36. The van der Waals surface area contributed by atoms with Gasteiger partial charge in [-0.05, 0) is 24.3 Å². The third-order valence-electron chi connectivity index (χ3n) is 1.16. The average Bonchev–Trinajstić information content (AvgIpc) is 1.88. The molecule has 0 aliphatic rings. The molecule has 11 heavy (non-hydrogen) atoms. The number of hydrogen-bond acceptors (Lipinski definition) is 2. The van der Waals surface area contributed by atoms with Crippen molar-refractivity contribution in [3.05, 3.63) is 29.8 Å². The molecule has 1 aromatic rings. The Kier molecular flexibility index (Phi) is 4.18. The third kappa shape index (κ3) is 2.93. The van der Waals surface area contributed by atoms with Gasteiger partial charge in [0, 0.05) is 5.69 Å². The topological polar surface area (TPSA) is 63.3 Å². The molecule has 0 amide bonds. The van der Waals surface area contributed by atoms with E-state index in [2.05, 4.69) is 0 Å². The SMILES string of the molecule is Nc1ccc(C(=O)O)cc1.[NaH]. The fourth-order valence-corrected chi connectivity index (χ4v) is 0.626. The van der Waals surface area contributed by atoms with Crippen LogP contribution in [0.3, 0.4) is 0 Å². The standard InChI is InChI=1S/C7H7NO2.Na.H/c8-6-3-1-5(2-4-6)7(9)10;;/h1-4H,8H2,(H,9,10);;. The van der Waals surface area contributed by atoms with Crippen LogP contribution >= 0.6 is 0 Å². The van der Waals surface area contributed by atoms with E-state index in [1.165, 1.54) is 12.1 Å². The number of benzene rings is 1. The van der Waals surface area contributed by atoms with Gasteiger partial charge in [-0.1, -0.05) is 0 Å². The number of carbonyl (C=O) groups is 1. The van der Waals surface area contributed by atoms with Crippen molar-refractivity contribution in [2.75, 3.05) is 5.73 Å². The van der Waals surface area contributed by atoms with E-state index in [4.69, 9.17) is 10.8 Å². The predicted octanol–water partition coefficient (Wildman–Crippen LogP) is 0.319. The Morgan fingerprint density at radius 3 is 2.09 bits per heavy atom. The van der Waals surface area contributed by atoms with Crippen LogP contribution in [0.5, 0.6) is 0 Å². The van der Waals surface area contributed by atoms with Gasteiger partial charge < -0.3 is 10.8 Å². The molecule has 0 fully saturated rings. The van der Waals surface area contributed by atoms with Crippen molar-refractivity contribution in [3.63, 3.8) is 0 Å². The van der Waals surface area contributed by atoms with Crippen LogP contribution in [0.1, 0.15) is 10.4 Å². The maximum atomic E-state index is 10.3. The summed E-state index contributed by atoms with van der Waals surface area (Å²) in [6.07, 6.45) is 0. The van der Waals surface area contributed by atoms with Crippen LogP contribution in [-0.4, -0.2) is 40.6 Å². The Morgan fingerprint density at radius 2 is 1.73 bits per heavy atom. The van der Waals surface area contributed by atoms with Gasteiger partial charge in [0.1, 0.15) is 0 Å². The van der Waals surface area contributed by atoms with Gasteiger partial charge in [0.2, 0.25) is 0 Å². The van der Waals surface area contributed by atoms with Crippen molar-refractivity contribution in [3.8, 4) is 0 Å². The molecule has 0 saturated carbocycles. The second-order valence-corrected chi connectivity index (χ2v) is 1.93. The molecular weight excluding hydrogens is 153 g/mol. The van der Waals surface area contributed by atoms with Crippen molar-refractivity contribution in [2.24, 2.45) is 0 Å². The van der Waals surface area contributed by atoms with Crippen LogP contribution in [0, 0.1) is 0 Å². The van der Waals surface area contributed by atoms with Crippen molar-refractivity contribution in [1.82, 2.24) is 0 Å². The van der Waals surface area contributed by atoms with Gasteiger partial charge in [0.15, 0.2) is 0 Å². The first-order valence-electron chi connectivity index (χ1n) is 2.79. The van der Waals surface area contributed by atoms with Crippen molar-refractivity contribution >= 4 is 41.2 Å². The predicted molar refractivity (Wildman–Crippen MR) is 45.0 cm³/mol. The van der Waals surface area contributed by atoms with Crippen LogP contribution in [-0.2, 0) is 0 Å². The number of hydrogen-bond donors (Lipinski definition) is 2. The number of aromatic carboxylic acids is 1. The Morgan fingerprint density at radius 1 is 1.27 bits per heavy atom. The Balaban J connectivity index is 0.000001000. The second-order valence-electron chi connectivity index (χ2n) is 1.93. The van der Waals surface area contributed by atoms with Crippen LogP contribution in [0.2, 0.25) is 0 Å². The van der Waals surface area contributed by atoms with E-state index in [-0.39, 0.29) is 35.1 Å². The number of carboxylic acids is 1. The molecule has 0 aliphatic carbocycles. The number of rotatable bonds is 1. The molecule has 0 saturated heterocycles. The van der Waals surface area contributed by atoms with Crippen molar-refractivity contribution in [2.45, 2.75) is 0 Å².